The zero-order chi connectivity index (χ0) is 18.7. The first-order valence-electron chi connectivity index (χ1n) is 9.02. The molecule has 0 aliphatic heterocycles. The van der Waals surface area contributed by atoms with Gasteiger partial charge in [0.05, 0.1) is 20.3 Å². The minimum Gasteiger partial charge on any atom is -0.507 e. The van der Waals surface area contributed by atoms with Gasteiger partial charge in [-0.25, -0.2) is 0 Å². The summed E-state index contributed by atoms with van der Waals surface area (Å²) in [6, 6.07) is 7.31. The van der Waals surface area contributed by atoms with Crippen LogP contribution in [0.15, 0.2) is 24.3 Å². The molecule has 0 amide bonds. The molecule has 5 nitrogen and oxygen atoms in total. The van der Waals surface area contributed by atoms with Gasteiger partial charge in [-0.05, 0) is 61.4 Å². The molecule has 1 aliphatic carbocycles. The molecule has 4 bridgehead atoms. The molecule has 1 unspecified atom stereocenters. The summed E-state index contributed by atoms with van der Waals surface area (Å²) >= 11 is 0. The average Bonchev–Trinajstić information content (AvgIpc) is 2.65. The Kier molecular flexibility index (Phi) is 5.57. The molecule has 0 heterocycles. The molecule has 0 saturated heterocycles. The highest BCUT2D eigenvalue weighted by Gasteiger charge is 2.22. The highest BCUT2D eigenvalue weighted by atomic mass is 16.5. The number of phenolic OH excluding ortho intramolecular Hbond substituents is 2. The second kappa shape index (κ2) is 7.87. The van der Waals surface area contributed by atoms with Crippen molar-refractivity contribution in [2.45, 2.75) is 44.6 Å². The summed E-state index contributed by atoms with van der Waals surface area (Å²) in [5.74, 6) is 0.885. The zero-order valence-corrected chi connectivity index (χ0v) is 15.3. The summed E-state index contributed by atoms with van der Waals surface area (Å²) in [5, 5.41) is 31.2. The van der Waals surface area contributed by atoms with Crippen molar-refractivity contribution in [2.24, 2.45) is 0 Å². The molecule has 2 aromatic rings. The van der Waals surface area contributed by atoms with E-state index in [-0.39, 0.29) is 23.4 Å². The van der Waals surface area contributed by atoms with Gasteiger partial charge in [0.1, 0.15) is 5.75 Å². The SMILES string of the molecule is COc1c2cc(c(O)c1OC)CCCCC(O)CCc1ccc(O)c-2c1. The van der Waals surface area contributed by atoms with Gasteiger partial charge < -0.3 is 24.8 Å². The van der Waals surface area contributed by atoms with E-state index >= 15 is 0 Å². The topological polar surface area (TPSA) is 79.2 Å². The van der Waals surface area contributed by atoms with E-state index in [0.29, 0.717) is 29.7 Å². The number of aryl methyl sites for hydroxylation is 2. The number of methoxy groups -OCH3 is 2. The fraction of sp³-hybridized carbons (Fsp3) is 0.429. The van der Waals surface area contributed by atoms with Crippen LogP contribution >= 0.6 is 0 Å². The molecular formula is C21H26O5. The Labute approximate surface area is 153 Å². The Morgan fingerprint density at radius 2 is 1.65 bits per heavy atom. The van der Waals surface area contributed by atoms with Crippen LogP contribution in [0.1, 0.15) is 36.8 Å². The molecule has 26 heavy (non-hydrogen) atoms. The van der Waals surface area contributed by atoms with E-state index in [0.717, 1.165) is 36.8 Å². The molecule has 3 N–H and O–H groups in total. The normalized spacial score (nSPS) is 17.6. The average molecular weight is 358 g/mol. The highest BCUT2D eigenvalue weighted by Crippen LogP contribution is 2.48. The smallest absolute Gasteiger partial charge is 0.203 e. The molecule has 1 aliphatic rings. The summed E-state index contributed by atoms with van der Waals surface area (Å²) in [6.07, 6.45) is 4.22. The standard InChI is InChI=1S/C21H26O5/c1-25-20-17-12-14(19(24)21(20)26-2)5-3-4-6-15(22)9-7-13-8-10-18(23)16(17)11-13/h8,10-12,15,22-24H,3-7,9H2,1-2H3. The van der Waals surface area contributed by atoms with Crippen LogP contribution in [0.5, 0.6) is 23.0 Å². The van der Waals surface area contributed by atoms with Crippen LogP contribution in [0, 0.1) is 0 Å². The fourth-order valence-corrected chi connectivity index (χ4v) is 3.59. The maximum Gasteiger partial charge on any atom is 0.203 e. The Hall–Kier alpha value is -2.40. The summed E-state index contributed by atoms with van der Waals surface area (Å²) in [7, 11) is 3.01. The fourth-order valence-electron chi connectivity index (χ4n) is 3.59. The predicted molar refractivity (Wildman–Crippen MR) is 100 cm³/mol. The van der Waals surface area contributed by atoms with Crippen molar-refractivity contribution in [3.8, 4) is 34.1 Å². The van der Waals surface area contributed by atoms with Gasteiger partial charge in [0, 0.05) is 11.1 Å². The molecule has 0 aromatic heterocycles. The van der Waals surface area contributed by atoms with Crippen LogP contribution in [0.4, 0.5) is 0 Å². The second-order valence-corrected chi connectivity index (χ2v) is 6.79. The second-order valence-electron chi connectivity index (χ2n) is 6.79. The van der Waals surface area contributed by atoms with E-state index in [2.05, 4.69) is 0 Å². The van der Waals surface area contributed by atoms with E-state index in [1.807, 2.05) is 18.2 Å². The number of hydrogen-bond acceptors (Lipinski definition) is 5. The third-order valence-electron chi connectivity index (χ3n) is 5.05. The van der Waals surface area contributed by atoms with Gasteiger partial charge in [-0.2, -0.15) is 0 Å². The number of hydrogen-bond donors (Lipinski definition) is 3. The van der Waals surface area contributed by atoms with Gasteiger partial charge in [-0.15, -0.1) is 0 Å². The Bertz CT molecular complexity index is 784. The molecular weight excluding hydrogens is 332 g/mol. The van der Waals surface area contributed by atoms with Gasteiger partial charge >= 0.3 is 0 Å². The first-order valence-corrected chi connectivity index (χ1v) is 9.02. The number of aliphatic hydroxyl groups is 1. The highest BCUT2D eigenvalue weighted by molar-refractivity contribution is 5.81. The molecule has 3 rings (SSSR count). The number of aromatic hydroxyl groups is 2. The van der Waals surface area contributed by atoms with Crippen molar-refractivity contribution in [3.63, 3.8) is 0 Å². The maximum absolute atomic E-state index is 10.6. The lowest BCUT2D eigenvalue weighted by molar-refractivity contribution is 0.151. The molecule has 0 radical (unpaired) electrons. The summed E-state index contributed by atoms with van der Waals surface area (Å²) in [5.41, 5.74) is 3.10. The van der Waals surface area contributed by atoms with E-state index in [1.165, 1.54) is 14.2 Å². The summed E-state index contributed by atoms with van der Waals surface area (Å²) in [4.78, 5) is 0. The Morgan fingerprint density at radius 3 is 2.38 bits per heavy atom. The van der Waals surface area contributed by atoms with E-state index < -0.39 is 0 Å². The van der Waals surface area contributed by atoms with Crippen molar-refractivity contribution >= 4 is 0 Å². The van der Waals surface area contributed by atoms with Crippen molar-refractivity contribution in [1.82, 2.24) is 0 Å². The number of ether oxygens (including phenoxy) is 2. The minimum absolute atomic E-state index is 0.0687. The van der Waals surface area contributed by atoms with Crippen LogP contribution in [-0.4, -0.2) is 35.6 Å². The van der Waals surface area contributed by atoms with Gasteiger partial charge in [0.25, 0.3) is 0 Å². The first kappa shape index (κ1) is 18.4. The Balaban J connectivity index is 2.22. The Morgan fingerprint density at radius 1 is 0.885 bits per heavy atom. The van der Waals surface area contributed by atoms with E-state index in [1.54, 1.807) is 6.07 Å². The van der Waals surface area contributed by atoms with Crippen LogP contribution in [0.2, 0.25) is 0 Å². The molecule has 1 atom stereocenters. The summed E-state index contributed by atoms with van der Waals surface area (Å²) in [6.45, 7) is 0. The van der Waals surface area contributed by atoms with Gasteiger partial charge in [-0.3, -0.25) is 0 Å². The lowest BCUT2D eigenvalue weighted by Crippen LogP contribution is -2.08. The predicted octanol–water partition coefficient (Wildman–Crippen LogP) is 3.80. The van der Waals surface area contributed by atoms with Crippen LogP contribution in [0.25, 0.3) is 11.1 Å². The number of phenols is 2. The number of rotatable bonds is 2. The maximum atomic E-state index is 10.6. The van der Waals surface area contributed by atoms with Crippen molar-refractivity contribution in [2.75, 3.05) is 14.2 Å². The van der Waals surface area contributed by atoms with E-state index in [4.69, 9.17) is 9.47 Å². The van der Waals surface area contributed by atoms with Crippen molar-refractivity contribution in [3.05, 3.63) is 35.4 Å². The van der Waals surface area contributed by atoms with Crippen molar-refractivity contribution in [1.29, 1.82) is 0 Å². The van der Waals surface area contributed by atoms with Crippen LogP contribution in [0.3, 0.4) is 0 Å². The lowest BCUT2D eigenvalue weighted by Gasteiger charge is -2.18. The molecule has 2 aromatic carbocycles. The molecule has 0 saturated carbocycles. The quantitative estimate of drug-likeness (QED) is 0.761. The first-order chi connectivity index (χ1) is 12.5. The zero-order valence-electron chi connectivity index (χ0n) is 15.3. The van der Waals surface area contributed by atoms with Gasteiger partial charge in [0.2, 0.25) is 5.75 Å². The molecule has 0 fully saturated rings. The minimum atomic E-state index is -0.339. The van der Waals surface area contributed by atoms with Crippen molar-refractivity contribution < 1.29 is 24.8 Å². The number of fused-ring (bicyclic) bond motifs is 5. The summed E-state index contributed by atoms with van der Waals surface area (Å²) < 4.78 is 10.9. The monoisotopic (exact) mass is 358 g/mol. The van der Waals surface area contributed by atoms with E-state index in [9.17, 15) is 15.3 Å². The molecule has 140 valence electrons. The van der Waals surface area contributed by atoms with Crippen LogP contribution < -0.4 is 9.47 Å². The van der Waals surface area contributed by atoms with Gasteiger partial charge in [-0.1, -0.05) is 12.5 Å². The lowest BCUT2D eigenvalue weighted by atomic mass is 9.95. The largest absolute Gasteiger partial charge is 0.507 e. The van der Waals surface area contributed by atoms with Gasteiger partial charge in [0.15, 0.2) is 11.5 Å². The third-order valence-corrected chi connectivity index (χ3v) is 5.05. The number of benzene rings is 2. The molecule has 5 heteroatoms. The molecule has 0 spiro atoms. The third kappa shape index (κ3) is 3.58. The number of aliphatic hydroxyl groups excluding tert-OH is 1. The van der Waals surface area contributed by atoms with Crippen LogP contribution in [-0.2, 0) is 12.8 Å².